The van der Waals surface area contributed by atoms with Crippen molar-refractivity contribution in [3.8, 4) is 0 Å². The quantitative estimate of drug-likeness (QED) is 0.871. The van der Waals surface area contributed by atoms with Gasteiger partial charge in [-0.1, -0.05) is 13.0 Å². The van der Waals surface area contributed by atoms with E-state index in [9.17, 15) is 0 Å². The van der Waals surface area contributed by atoms with Gasteiger partial charge in [-0.3, -0.25) is 9.67 Å². The van der Waals surface area contributed by atoms with Crippen molar-refractivity contribution in [3.63, 3.8) is 0 Å². The van der Waals surface area contributed by atoms with E-state index >= 15 is 0 Å². The molecule has 2 aromatic rings. The van der Waals surface area contributed by atoms with Gasteiger partial charge in [0.05, 0.1) is 17.4 Å². The van der Waals surface area contributed by atoms with Crippen LogP contribution < -0.4 is 5.32 Å². The van der Waals surface area contributed by atoms with Crippen molar-refractivity contribution < 1.29 is 0 Å². The molecule has 2 rings (SSSR count). The Morgan fingerprint density at radius 3 is 2.76 bits per heavy atom. The molecule has 0 fully saturated rings. The topological polar surface area (TPSA) is 42.7 Å². The van der Waals surface area contributed by atoms with E-state index < -0.39 is 0 Å². The van der Waals surface area contributed by atoms with Crippen LogP contribution in [0.25, 0.3) is 0 Å². The number of rotatable bonds is 4. The third-order valence-electron chi connectivity index (χ3n) is 2.89. The number of hydrogen-bond acceptors (Lipinski definition) is 3. The van der Waals surface area contributed by atoms with Gasteiger partial charge in [0, 0.05) is 19.4 Å². The molecule has 0 aliphatic rings. The van der Waals surface area contributed by atoms with Gasteiger partial charge in [0.2, 0.25) is 0 Å². The van der Waals surface area contributed by atoms with Crippen molar-refractivity contribution in [2.45, 2.75) is 19.9 Å². The highest BCUT2D eigenvalue weighted by molar-refractivity contribution is 5.28. The first-order valence-electron chi connectivity index (χ1n) is 5.86. The number of aryl methyl sites for hydroxylation is 2. The van der Waals surface area contributed by atoms with Crippen LogP contribution >= 0.6 is 0 Å². The van der Waals surface area contributed by atoms with Gasteiger partial charge in [0.15, 0.2) is 0 Å². The lowest BCUT2D eigenvalue weighted by atomic mass is 10.0. The molecule has 2 aromatic heterocycles. The molecule has 0 aliphatic heterocycles. The molecular formula is C13H18N4. The van der Waals surface area contributed by atoms with Crippen molar-refractivity contribution in [1.82, 2.24) is 20.1 Å². The molecule has 0 bridgehead atoms. The lowest BCUT2D eigenvalue weighted by molar-refractivity contribution is 0.559. The first-order chi connectivity index (χ1) is 8.24. The van der Waals surface area contributed by atoms with E-state index in [1.165, 1.54) is 5.56 Å². The van der Waals surface area contributed by atoms with Gasteiger partial charge in [0.25, 0.3) is 0 Å². The smallest absolute Gasteiger partial charge is 0.0924 e. The van der Waals surface area contributed by atoms with E-state index in [0.717, 1.165) is 17.9 Å². The Bertz CT molecular complexity index is 490. The fourth-order valence-corrected chi connectivity index (χ4v) is 2.01. The molecule has 0 aliphatic carbocycles. The van der Waals surface area contributed by atoms with Crippen LogP contribution in [-0.2, 0) is 7.05 Å². The summed E-state index contributed by atoms with van der Waals surface area (Å²) >= 11 is 0. The van der Waals surface area contributed by atoms with Gasteiger partial charge in [-0.2, -0.15) is 5.10 Å². The van der Waals surface area contributed by atoms with Crippen LogP contribution in [0.3, 0.4) is 0 Å². The number of aromatic nitrogens is 3. The maximum absolute atomic E-state index is 4.49. The molecule has 0 aromatic carbocycles. The zero-order chi connectivity index (χ0) is 12.3. The van der Waals surface area contributed by atoms with Gasteiger partial charge in [-0.15, -0.1) is 0 Å². The average molecular weight is 230 g/mol. The van der Waals surface area contributed by atoms with Crippen molar-refractivity contribution >= 4 is 0 Å². The van der Waals surface area contributed by atoms with Crippen molar-refractivity contribution in [2.24, 2.45) is 7.05 Å². The first-order valence-corrected chi connectivity index (χ1v) is 5.86. The number of nitrogens with one attached hydrogen (secondary N) is 1. The summed E-state index contributed by atoms with van der Waals surface area (Å²) in [6, 6.07) is 6.18. The summed E-state index contributed by atoms with van der Waals surface area (Å²) in [5, 5.41) is 7.68. The largest absolute Gasteiger partial charge is 0.304 e. The Kier molecular flexibility index (Phi) is 3.54. The highest BCUT2D eigenvalue weighted by Crippen LogP contribution is 2.21. The molecule has 1 N–H and O–H groups in total. The minimum atomic E-state index is 0.105. The summed E-state index contributed by atoms with van der Waals surface area (Å²) in [7, 11) is 1.96. The molecular weight excluding hydrogens is 212 g/mol. The van der Waals surface area contributed by atoms with Crippen molar-refractivity contribution in [2.75, 3.05) is 6.54 Å². The van der Waals surface area contributed by atoms with E-state index in [-0.39, 0.29) is 6.04 Å². The summed E-state index contributed by atoms with van der Waals surface area (Å²) in [6.07, 6.45) is 3.65. The lowest BCUT2D eigenvalue weighted by Gasteiger charge is -2.19. The third-order valence-corrected chi connectivity index (χ3v) is 2.89. The van der Waals surface area contributed by atoms with Crippen LogP contribution in [0.4, 0.5) is 0 Å². The summed E-state index contributed by atoms with van der Waals surface area (Å²) in [5.74, 6) is 0. The fourth-order valence-electron chi connectivity index (χ4n) is 2.01. The van der Waals surface area contributed by atoms with Gasteiger partial charge >= 0.3 is 0 Å². The summed E-state index contributed by atoms with van der Waals surface area (Å²) in [6.45, 7) is 5.08. The molecule has 0 saturated heterocycles. The van der Waals surface area contributed by atoms with E-state index in [1.54, 1.807) is 0 Å². The predicted molar refractivity (Wildman–Crippen MR) is 67.7 cm³/mol. The van der Waals surface area contributed by atoms with Gasteiger partial charge in [-0.05, 0) is 31.2 Å². The zero-order valence-electron chi connectivity index (χ0n) is 10.5. The van der Waals surface area contributed by atoms with E-state index in [4.69, 9.17) is 0 Å². The minimum absolute atomic E-state index is 0.105. The second kappa shape index (κ2) is 5.10. The molecule has 0 amide bonds. The van der Waals surface area contributed by atoms with E-state index in [1.807, 2.05) is 36.3 Å². The van der Waals surface area contributed by atoms with E-state index in [2.05, 4.69) is 35.3 Å². The van der Waals surface area contributed by atoms with E-state index in [0.29, 0.717) is 0 Å². The van der Waals surface area contributed by atoms with Gasteiger partial charge in [-0.25, -0.2) is 0 Å². The van der Waals surface area contributed by atoms with Crippen LogP contribution in [0.15, 0.2) is 30.6 Å². The lowest BCUT2D eigenvalue weighted by Crippen LogP contribution is -2.25. The standard InChI is InChI=1S/C13H18N4/c1-4-14-13(11-7-9-16-17(11)3)12-10(2)6-5-8-15-12/h5-9,13-14H,4H2,1-3H3. The van der Waals surface area contributed by atoms with Gasteiger partial charge < -0.3 is 5.32 Å². The number of hydrogen-bond donors (Lipinski definition) is 1. The Morgan fingerprint density at radius 2 is 2.18 bits per heavy atom. The number of nitrogens with zero attached hydrogens (tertiary/aromatic N) is 3. The maximum atomic E-state index is 4.49. The number of pyridine rings is 1. The molecule has 0 saturated carbocycles. The molecule has 0 spiro atoms. The first kappa shape index (κ1) is 11.8. The summed E-state index contributed by atoms with van der Waals surface area (Å²) < 4.78 is 1.89. The maximum Gasteiger partial charge on any atom is 0.0924 e. The van der Waals surface area contributed by atoms with Crippen molar-refractivity contribution in [3.05, 3.63) is 47.5 Å². The Balaban J connectivity index is 2.43. The monoisotopic (exact) mass is 230 g/mol. The molecule has 90 valence electrons. The van der Waals surface area contributed by atoms with Crippen LogP contribution in [-0.4, -0.2) is 21.3 Å². The van der Waals surface area contributed by atoms with Crippen LogP contribution in [0, 0.1) is 6.92 Å². The SMILES string of the molecule is CCNC(c1ncccc1C)c1ccnn1C. The molecule has 0 radical (unpaired) electrons. The molecule has 17 heavy (non-hydrogen) atoms. The second-order valence-corrected chi connectivity index (χ2v) is 4.08. The second-order valence-electron chi connectivity index (χ2n) is 4.08. The normalized spacial score (nSPS) is 12.6. The van der Waals surface area contributed by atoms with Gasteiger partial charge in [0.1, 0.15) is 0 Å². The molecule has 1 atom stereocenters. The average Bonchev–Trinajstić information content (AvgIpc) is 2.74. The Hall–Kier alpha value is -1.68. The van der Waals surface area contributed by atoms with Crippen molar-refractivity contribution in [1.29, 1.82) is 0 Å². The summed E-state index contributed by atoms with van der Waals surface area (Å²) in [4.78, 5) is 4.49. The van der Waals surface area contributed by atoms with Crippen LogP contribution in [0.5, 0.6) is 0 Å². The molecule has 2 heterocycles. The minimum Gasteiger partial charge on any atom is -0.304 e. The summed E-state index contributed by atoms with van der Waals surface area (Å²) in [5.41, 5.74) is 3.39. The fraction of sp³-hybridized carbons (Fsp3) is 0.385. The predicted octanol–water partition coefficient (Wildman–Crippen LogP) is 1.82. The zero-order valence-corrected chi connectivity index (χ0v) is 10.5. The van der Waals surface area contributed by atoms with Crippen LogP contribution in [0.1, 0.15) is 29.9 Å². The third kappa shape index (κ3) is 2.36. The Morgan fingerprint density at radius 1 is 1.35 bits per heavy atom. The van der Waals surface area contributed by atoms with Crippen LogP contribution in [0.2, 0.25) is 0 Å². The molecule has 4 nitrogen and oxygen atoms in total. The highest BCUT2D eigenvalue weighted by Gasteiger charge is 2.18. The molecule has 1 unspecified atom stereocenters. The molecule has 4 heteroatoms. The Labute approximate surface area is 102 Å². The highest BCUT2D eigenvalue weighted by atomic mass is 15.3.